The summed E-state index contributed by atoms with van der Waals surface area (Å²) in [6.45, 7) is 2.20. The van der Waals surface area contributed by atoms with E-state index in [1.54, 1.807) is 24.3 Å². The van der Waals surface area contributed by atoms with Crippen molar-refractivity contribution < 1.29 is 30.3 Å². The molecule has 0 aliphatic heterocycles. The van der Waals surface area contributed by atoms with Crippen molar-refractivity contribution in [2.45, 2.75) is 26.1 Å². The van der Waals surface area contributed by atoms with Crippen LogP contribution in [-0.4, -0.2) is 24.2 Å². The Morgan fingerprint density at radius 1 is 0.543 bits per heavy atom. The van der Waals surface area contributed by atoms with Crippen molar-refractivity contribution in [3.8, 4) is 73.2 Å². The van der Waals surface area contributed by atoms with Gasteiger partial charge in [-0.05, 0) is 100 Å². The van der Waals surface area contributed by atoms with Crippen LogP contribution in [-0.2, 0) is 26.5 Å². The monoisotopic (exact) mass is 1090 g/mol. The second-order valence-corrected chi connectivity index (χ2v) is 18.1. The van der Waals surface area contributed by atoms with Crippen LogP contribution in [0.3, 0.4) is 0 Å². The number of rotatable bonds is 9. The van der Waals surface area contributed by atoms with Gasteiger partial charge in [-0.1, -0.05) is 194 Å². The van der Waals surface area contributed by atoms with Crippen LogP contribution in [0.25, 0.3) is 100 Å². The molecule has 340 valence electrons. The molecule has 6 heteroatoms. The molecule has 12 aromatic rings. The minimum atomic E-state index is -2.33. The zero-order valence-corrected chi connectivity index (χ0v) is 40.7. The molecule has 70 heavy (non-hydrogen) atoms. The summed E-state index contributed by atoms with van der Waals surface area (Å²) in [6.07, 6.45) is 1.89. The number of nitrogens with zero attached hydrogens (tertiary/aromatic N) is 4. The topological polar surface area (TPSA) is 55.9 Å². The molecule has 0 aliphatic carbocycles. The molecule has 0 saturated carbocycles. The van der Waals surface area contributed by atoms with Crippen LogP contribution in [0, 0.1) is 12.9 Å². The normalized spacial score (nSPS) is 12.4. The summed E-state index contributed by atoms with van der Waals surface area (Å²) in [4.78, 5) is 10.6. The van der Waals surface area contributed by atoms with Crippen molar-refractivity contribution in [2.24, 2.45) is 0 Å². The Morgan fingerprint density at radius 2 is 1.21 bits per heavy atom. The van der Waals surface area contributed by atoms with Gasteiger partial charge in [-0.25, -0.2) is 4.98 Å². The summed E-state index contributed by atoms with van der Waals surface area (Å²) in [5.41, 5.74) is 15.2. The van der Waals surface area contributed by atoms with Gasteiger partial charge in [-0.3, -0.25) is 9.55 Å². The summed E-state index contributed by atoms with van der Waals surface area (Å²) in [6, 6.07) is 77.2. The van der Waals surface area contributed by atoms with Crippen LogP contribution in [0.4, 0.5) is 0 Å². The van der Waals surface area contributed by atoms with Gasteiger partial charge >= 0.3 is 0 Å². The SMILES string of the molecule is [2H]C([2H])([2H])c1ccc(-n2c(-c3ccccc3O)nc3c(-c4[c-]c(-c5cc(-c6ccc(C(C)(C)c7ccccc7)cc6)ccn5)c5c(c4)c4ccccc4n5-c4ccccc4)cccc32)c(-c2ccccc2)c1.[Pt]. The van der Waals surface area contributed by atoms with Crippen LogP contribution in [0.1, 0.15) is 34.7 Å². The summed E-state index contributed by atoms with van der Waals surface area (Å²) < 4.78 is 29.4. The van der Waals surface area contributed by atoms with Gasteiger partial charge in [0.05, 0.1) is 22.3 Å². The first-order valence-electron chi connectivity index (χ1n) is 24.7. The van der Waals surface area contributed by atoms with Gasteiger partial charge in [0, 0.05) is 59.3 Å². The minimum Gasteiger partial charge on any atom is -0.507 e. The van der Waals surface area contributed by atoms with Crippen LogP contribution >= 0.6 is 0 Å². The molecule has 0 bridgehead atoms. The number of imidazole rings is 1. The quantitative estimate of drug-likeness (QED) is 0.147. The molecule has 0 fully saturated rings. The molecule has 3 heterocycles. The van der Waals surface area contributed by atoms with Gasteiger partial charge < -0.3 is 9.67 Å². The molecule has 9 aromatic carbocycles. The molecule has 0 atom stereocenters. The van der Waals surface area contributed by atoms with Crippen molar-refractivity contribution in [1.29, 1.82) is 0 Å². The average Bonchev–Trinajstić information content (AvgIpc) is 3.97. The van der Waals surface area contributed by atoms with Crippen molar-refractivity contribution in [3.63, 3.8) is 0 Å². The van der Waals surface area contributed by atoms with Crippen molar-refractivity contribution >= 4 is 32.8 Å². The number of hydrogen-bond donors (Lipinski definition) is 1. The van der Waals surface area contributed by atoms with E-state index in [-0.39, 0.29) is 37.8 Å². The van der Waals surface area contributed by atoms with Crippen molar-refractivity contribution in [3.05, 3.63) is 247 Å². The van der Waals surface area contributed by atoms with E-state index in [0.717, 1.165) is 83.3 Å². The molecule has 0 unspecified atom stereocenters. The van der Waals surface area contributed by atoms with Gasteiger partial charge in [0.1, 0.15) is 11.6 Å². The third-order valence-electron chi connectivity index (χ3n) is 13.6. The zero-order chi connectivity index (χ0) is 49.1. The van der Waals surface area contributed by atoms with Crippen LogP contribution in [0.15, 0.2) is 225 Å². The Balaban J connectivity index is 0.00000574. The van der Waals surface area contributed by atoms with Gasteiger partial charge in [0.2, 0.25) is 0 Å². The Bertz CT molecular complexity index is 4000. The minimum absolute atomic E-state index is 0. The third kappa shape index (κ3) is 7.64. The predicted molar refractivity (Wildman–Crippen MR) is 284 cm³/mol. The van der Waals surface area contributed by atoms with E-state index in [1.807, 2.05) is 77.5 Å². The fraction of sp³-hybridized carbons (Fsp3) is 0.0625. The van der Waals surface area contributed by atoms with Gasteiger partial charge in [-0.15, -0.1) is 17.7 Å². The predicted octanol–water partition coefficient (Wildman–Crippen LogP) is 16.0. The summed E-state index contributed by atoms with van der Waals surface area (Å²) in [7, 11) is 0. The number of phenolic OH excluding ortho intramolecular Hbond substituents is 1. The maximum atomic E-state index is 11.5. The third-order valence-corrected chi connectivity index (χ3v) is 13.6. The van der Waals surface area contributed by atoms with E-state index in [9.17, 15) is 5.11 Å². The number of hydrogen-bond acceptors (Lipinski definition) is 3. The standard InChI is InChI=1S/C64H47N4O.Pt/c1-42-30-35-58(53(38-42)44-18-7-4-8-19-44)68-59-28-17-26-50(61(59)66-63(68)52-25-14-16-29-60(52)69)46-39-54-51-24-13-15-27-57(51)67(49-22-11-6-12-23-49)62(54)55(40-46)56-41-45(36-37-65-56)43-31-33-48(34-32-43)64(2,3)47-20-9-5-10-21-47;/h4-39,41,69H,1-3H3;/q-1;/i1D3;. The molecule has 12 rings (SSSR count). The Morgan fingerprint density at radius 3 is 1.99 bits per heavy atom. The number of aryl methyl sites for hydroxylation is 1. The van der Waals surface area contributed by atoms with Crippen molar-refractivity contribution in [2.75, 3.05) is 0 Å². The van der Waals surface area contributed by atoms with E-state index >= 15 is 0 Å². The van der Waals surface area contributed by atoms with Crippen LogP contribution in [0.2, 0.25) is 0 Å². The zero-order valence-electron chi connectivity index (χ0n) is 41.4. The van der Waals surface area contributed by atoms with E-state index in [4.69, 9.17) is 14.1 Å². The van der Waals surface area contributed by atoms with E-state index in [2.05, 4.69) is 152 Å². The molecular weight excluding hydrogens is 1040 g/mol. The Labute approximate surface area is 426 Å². The largest absolute Gasteiger partial charge is 0.507 e. The van der Waals surface area contributed by atoms with Crippen molar-refractivity contribution in [1.82, 2.24) is 19.1 Å². The van der Waals surface area contributed by atoms with Gasteiger partial charge in [0.25, 0.3) is 0 Å². The molecule has 1 N–H and O–H groups in total. The first-order chi connectivity index (χ1) is 35.0. The second-order valence-electron chi connectivity index (χ2n) is 18.1. The first kappa shape index (κ1) is 40.9. The molecular formula is C64H47N4OPt-. The number of fused-ring (bicyclic) bond motifs is 4. The Hall–Kier alpha value is -8.11. The van der Waals surface area contributed by atoms with E-state index < -0.39 is 6.85 Å². The molecule has 0 radical (unpaired) electrons. The maximum Gasteiger partial charge on any atom is 0.148 e. The fourth-order valence-corrected chi connectivity index (χ4v) is 10.0. The number of benzene rings is 9. The number of pyridine rings is 1. The molecule has 0 saturated heterocycles. The van der Waals surface area contributed by atoms with Crippen LogP contribution < -0.4 is 0 Å². The smallest absolute Gasteiger partial charge is 0.148 e. The first-order valence-corrected chi connectivity index (χ1v) is 23.2. The number of aromatic hydroxyl groups is 1. The van der Waals surface area contributed by atoms with Crippen LogP contribution in [0.5, 0.6) is 5.75 Å². The maximum absolute atomic E-state index is 11.5. The average molecular weight is 1090 g/mol. The van der Waals surface area contributed by atoms with Gasteiger partial charge in [-0.2, -0.15) is 0 Å². The molecule has 0 amide bonds. The van der Waals surface area contributed by atoms with Gasteiger partial charge in [0.15, 0.2) is 0 Å². The fourth-order valence-electron chi connectivity index (χ4n) is 10.0. The number of phenols is 1. The molecule has 3 aromatic heterocycles. The summed E-state index contributed by atoms with van der Waals surface area (Å²) >= 11 is 0. The summed E-state index contributed by atoms with van der Waals surface area (Å²) in [5.74, 6) is 0.573. The summed E-state index contributed by atoms with van der Waals surface area (Å²) in [5, 5.41) is 13.6. The Kier molecular flexibility index (Phi) is 10.6. The number of aromatic nitrogens is 4. The van der Waals surface area contributed by atoms with E-state index in [1.165, 1.54) is 11.1 Å². The molecule has 0 aliphatic rings. The van der Waals surface area contributed by atoms with E-state index in [0.29, 0.717) is 16.9 Å². The number of para-hydroxylation sites is 4. The second kappa shape index (κ2) is 18.1. The molecule has 5 nitrogen and oxygen atoms in total. The molecule has 0 spiro atoms.